The second kappa shape index (κ2) is 10.5. The van der Waals surface area contributed by atoms with Crippen LogP contribution in [0.2, 0.25) is 0 Å². The van der Waals surface area contributed by atoms with Crippen LogP contribution in [0.25, 0.3) is 11.0 Å². The van der Waals surface area contributed by atoms with E-state index in [-0.39, 0.29) is 17.6 Å². The third-order valence-corrected chi connectivity index (χ3v) is 6.13. The number of methoxy groups -OCH3 is 1. The molecule has 0 spiro atoms. The number of aryl methyl sites for hydroxylation is 1. The molecule has 2 amide bonds. The Hall–Kier alpha value is -3.95. The Morgan fingerprint density at radius 3 is 2.86 bits per heavy atom. The number of nitrogens with one attached hydrogen (secondary N) is 4. The van der Waals surface area contributed by atoms with Crippen molar-refractivity contribution in [3.63, 3.8) is 0 Å². The SMILES string of the molecule is CCn1c([C@H](CCCNC(=N)CF)NC(=O)c2cccc3c2C(=O)NC3)nc2c(OC)cccc21. The van der Waals surface area contributed by atoms with E-state index in [9.17, 15) is 14.0 Å². The lowest BCUT2D eigenvalue weighted by Gasteiger charge is -2.20. The zero-order valence-electron chi connectivity index (χ0n) is 19.8. The normalized spacial score (nSPS) is 13.3. The van der Waals surface area contributed by atoms with Crippen LogP contribution in [0.1, 0.15) is 57.9 Å². The predicted molar refractivity (Wildman–Crippen MR) is 131 cm³/mol. The Kier molecular flexibility index (Phi) is 7.28. The highest BCUT2D eigenvalue weighted by Crippen LogP contribution is 2.30. The molecular formula is C25H29FN6O3. The van der Waals surface area contributed by atoms with Gasteiger partial charge in [0.1, 0.15) is 29.6 Å². The molecule has 2 heterocycles. The summed E-state index contributed by atoms with van der Waals surface area (Å²) in [6, 6.07) is 10.4. The molecule has 0 radical (unpaired) electrons. The molecule has 0 saturated heterocycles. The minimum atomic E-state index is -0.854. The first kappa shape index (κ1) is 24.2. The summed E-state index contributed by atoms with van der Waals surface area (Å²) in [6.07, 6.45) is 1.05. The highest BCUT2D eigenvalue weighted by molar-refractivity contribution is 6.09. The van der Waals surface area contributed by atoms with Gasteiger partial charge in [-0.3, -0.25) is 15.0 Å². The van der Waals surface area contributed by atoms with Crippen LogP contribution in [0.4, 0.5) is 4.39 Å². The van der Waals surface area contributed by atoms with E-state index in [0.29, 0.717) is 60.7 Å². The van der Waals surface area contributed by atoms with Gasteiger partial charge in [0.05, 0.1) is 29.8 Å². The Morgan fingerprint density at radius 2 is 2.11 bits per heavy atom. The molecule has 35 heavy (non-hydrogen) atoms. The number of carbonyl (C=O) groups is 2. The molecule has 1 atom stereocenters. The molecule has 4 N–H and O–H groups in total. The highest BCUT2D eigenvalue weighted by Gasteiger charge is 2.28. The molecule has 0 bridgehead atoms. The molecule has 2 aromatic carbocycles. The van der Waals surface area contributed by atoms with Crippen molar-refractivity contribution in [2.45, 2.75) is 38.9 Å². The van der Waals surface area contributed by atoms with E-state index in [1.165, 1.54) is 0 Å². The number of fused-ring (bicyclic) bond motifs is 2. The van der Waals surface area contributed by atoms with Gasteiger partial charge in [-0.05, 0) is 43.5 Å². The van der Waals surface area contributed by atoms with Crippen molar-refractivity contribution in [1.29, 1.82) is 5.41 Å². The smallest absolute Gasteiger partial charge is 0.252 e. The Bertz CT molecular complexity index is 1270. The maximum absolute atomic E-state index is 13.4. The number of hydrogen-bond acceptors (Lipinski definition) is 5. The van der Waals surface area contributed by atoms with Gasteiger partial charge in [0, 0.05) is 19.6 Å². The van der Waals surface area contributed by atoms with Gasteiger partial charge in [0.25, 0.3) is 11.8 Å². The average Bonchev–Trinajstić information content (AvgIpc) is 3.45. The van der Waals surface area contributed by atoms with Crippen molar-refractivity contribution in [3.05, 3.63) is 58.9 Å². The summed E-state index contributed by atoms with van der Waals surface area (Å²) in [5, 5.41) is 16.0. The minimum Gasteiger partial charge on any atom is -0.494 e. The van der Waals surface area contributed by atoms with E-state index in [0.717, 1.165) is 11.1 Å². The first-order valence-electron chi connectivity index (χ1n) is 11.6. The number of ether oxygens (including phenoxy) is 1. The van der Waals surface area contributed by atoms with Crippen LogP contribution < -0.4 is 20.7 Å². The Balaban J connectivity index is 1.67. The number of amidine groups is 1. The van der Waals surface area contributed by atoms with Crippen LogP contribution in [0.5, 0.6) is 5.75 Å². The molecule has 9 nitrogen and oxygen atoms in total. The predicted octanol–water partition coefficient (Wildman–Crippen LogP) is 3.10. The van der Waals surface area contributed by atoms with E-state index < -0.39 is 12.7 Å². The molecule has 0 unspecified atom stereocenters. The summed E-state index contributed by atoms with van der Waals surface area (Å²) in [5.41, 5.74) is 3.09. The number of aromatic nitrogens is 2. The quantitative estimate of drug-likeness (QED) is 0.202. The summed E-state index contributed by atoms with van der Waals surface area (Å²) in [4.78, 5) is 30.6. The monoisotopic (exact) mass is 480 g/mol. The molecule has 184 valence electrons. The van der Waals surface area contributed by atoms with Crippen molar-refractivity contribution in [2.75, 3.05) is 20.3 Å². The highest BCUT2D eigenvalue weighted by atomic mass is 19.1. The van der Waals surface area contributed by atoms with Crippen LogP contribution in [0.15, 0.2) is 36.4 Å². The van der Waals surface area contributed by atoms with Crippen molar-refractivity contribution in [1.82, 2.24) is 25.5 Å². The molecule has 1 aliphatic rings. The topological polar surface area (TPSA) is 121 Å². The fourth-order valence-electron chi connectivity index (χ4n) is 4.47. The molecule has 0 aliphatic carbocycles. The number of alkyl halides is 1. The molecular weight excluding hydrogens is 451 g/mol. The fraction of sp³-hybridized carbons (Fsp3) is 0.360. The molecule has 1 aliphatic heterocycles. The average molecular weight is 481 g/mol. The van der Waals surface area contributed by atoms with Gasteiger partial charge in [-0.15, -0.1) is 0 Å². The lowest BCUT2D eigenvalue weighted by molar-refractivity contribution is 0.0912. The van der Waals surface area contributed by atoms with Crippen LogP contribution in [0.3, 0.4) is 0 Å². The Labute approximate surface area is 202 Å². The van der Waals surface area contributed by atoms with Gasteiger partial charge >= 0.3 is 0 Å². The van der Waals surface area contributed by atoms with E-state index in [4.69, 9.17) is 15.1 Å². The van der Waals surface area contributed by atoms with Crippen molar-refractivity contribution in [2.24, 2.45) is 0 Å². The van der Waals surface area contributed by atoms with Crippen molar-refractivity contribution >= 4 is 28.7 Å². The van der Waals surface area contributed by atoms with E-state index in [1.54, 1.807) is 19.2 Å². The van der Waals surface area contributed by atoms with Gasteiger partial charge in [-0.2, -0.15) is 0 Å². The number of benzene rings is 2. The maximum atomic E-state index is 13.4. The number of halogens is 1. The molecule has 1 aromatic heterocycles. The number of nitrogens with zero attached hydrogens (tertiary/aromatic N) is 2. The lowest BCUT2D eigenvalue weighted by Crippen LogP contribution is -2.33. The third kappa shape index (κ3) is 4.82. The number of rotatable bonds is 10. The maximum Gasteiger partial charge on any atom is 0.252 e. The second-order valence-corrected chi connectivity index (χ2v) is 8.27. The summed E-state index contributed by atoms with van der Waals surface area (Å²) < 4.78 is 20.1. The summed E-state index contributed by atoms with van der Waals surface area (Å²) in [7, 11) is 1.59. The van der Waals surface area contributed by atoms with Gasteiger partial charge in [0.15, 0.2) is 0 Å². The largest absolute Gasteiger partial charge is 0.494 e. The third-order valence-electron chi connectivity index (χ3n) is 6.13. The number of imidazole rings is 1. The molecule has 3 aromatic rings. The summed E-state index contributed by atoms with van der Waals surface area (Å²) >= 11 is 0. The van der Waals surface area contributed by atoms with E-state index >= 15 is 0 Å². The number of hydrogen-bond donors (Lipinski definition) is 4. The fourth-order valence-corrected chi connectivity index (χ4v) is 4.47. The van der Waals surface area contributed by atoms with Gasteiger partial charge < -0.3 is 25.3 Å². The molecule has 0 saturated carbocycles. The van der Waals surface area contributed by atoms with E-state index in [2.05, 4.69) is 16.0 Å². The second-order valence-electron chi connectivity index (χ2n) is 8.27. The first-order chi connectivity index (χ1) is 17.0. The Morgan fingerprint density at radius 1 is 1.31 bits per heavy atom. The molecule has 10 heteroatoms. The first-order valence-corrected chi connectivity index (χ1v) is 11.6. The van der Waals surface area contributed by atoms with Gasteiger partial charge in [-0.1, -0.05) is 18.2 Å². The van der Waals surface area contributed by atoms with Crippen LogP contribution >= 0.6 is 0 Å². The standard InChI is InChI=1S/C25H29FN6O3/c1-3-32-18-10-5-11-19(35-2)22(18)31-23(32)17(9-6-12-28-20(27)13-26)30-24(33)16-8-4-7-15-14-29-25(34)21(15)16/h4-5,7-8,10-11,17H,3,6,9,12-14H2,1-2H3,(H2,27,28)(H,29,34)(H,30,33)/t17-/m0/s1. The van der Waals surface area contributed by atoms with Crippen LogP contribution in [-0.2, 0) is 13.1 Å². The number of amides is 2. The molecule has 4 rings (SSSR count). The summed E-state index contributed by atoms with van der Waals surface area (Å²) in [6.45, 7) is 2.55. The minimum absolute atomic E-state index is 0.179. The van der Waals surface area contributed by atoms with Crippen molar-refractivity contribution < 1.29 is 18.7 Å². The van der Waals surface area contributed by atoms with Crippen LogP contribution in [0, 0.1) is 5.41 Å². The van der Waals surface area contributed by atoms with Gasteiger partial charge in [-0.25, -0.2) is 9.37 Å². The number of carbonyl (C=O) groups excluding carboxylic acids is 2. The number of para-hydroxylation sites is 1. The van der Waals surface area contributed by atoms with E-state index in [1.807, 2.05) is 35.8 Å². The summed E-state index contributed by atoms with van der Waals surface area (Å²) in [5.74, 6) is 0.494. The zero-order valence-corrected chi connectivity index (χ0v) is 19.8. The molecule has 0 fully saturated rings. The van der Waals surface area contributed by atoms with Crippen molar-refractivity contribution in [3.8, 4) is 5.75 Å². The van der Waals surface area contributed by atoms with Crippen LogP contribution in [-0.4, -0.2) is 47.5 Å². The van der Waals surface area contributed by atoms with Gasteiger partial charge in [0.2, 0.25) is 0 Å². The zero-order chi connectivity index (χ0) is 24.9. The lowest BCUT2D eigenvalue weighted by atomic mass is 10.0.